The van der Waals surface area contributed by atoms with Crippen molar-refractivity contribution in [1.82, 2.24) is 0 Å². The van der Waals surface area contributed by atoms with Crippen LogP contribution >= 0.6 is 0 Å². The third-order valence-corrected chi connectivity index (χ3v) is 3.43. The maximum absolute atomic E-state index is 11.0. The Balaban J connectivity index is 2.43. The Morgan fingerprint density at radius 3 is 2.67 bits per heavy atom. The van der Waals surface area contributed by atoms with E-state index in [-0.39, 0.29) is 17.5 Å². The second-order valence-electron chi connectivity index (χ2n) is 5.20. The molecule has 3 heteroatoms. The lowest BCUT2D eigenvalue weighted by atomic mass is 9.61. The van der Waals surface area contributed by atoms with E-state index in [1.165, 1.54) is 0 Å². The summed E-state index contributed by atoms with van der Waals surface area (Å²) in [5, 5.41) is 0. The topological polar surface area (TPSA) is 26.3 Å². The molecule has 0 N–H and O–H groups in total. The standard InChI is InChI=1S/C12H22BO2/c1-5-9(2)10(8-14)6-11-7-13-12(3,4)15-11/h8-11H,5-7H2,1-4H3. The van der Waals surface area contributed by atoms with Crippen LogP contribution in [0.1, 0.15) is 40.5 Å². The van der Waals surface area contributed by atoms with E-state index < -0.39 is 0 Å². The summed E-state index contributed by atoms with van der Waals surface area (Å²) in [7, 11) is 2.20. The molecule has 15 heavy (non-hydrogen) atoms. The van der Waals surface area contributed by atoms with Crippen molar-refractivity contribution in [2.75, 3.05) is 0 Å². The molecule has 1 aliphatic rings. The molecule has 0 saturated carbocycles. The van der Waals surface area contributed by atoms with Crippen molar-refractivity contribution < 1.29 is 9.53 Å². The number of carbonyl (C=O) groups is 1. The molecular formula is C12H22BO2. The van der Waals surface area contributed by atoms with E-state index in [0.717, 1.165) is 25.4 Å². The number of rotatable bonds is 5. The molecule has 3 unspecified atom stereocenters. The summed E-state index contributed by atoms with van der Waals surface area (Å²) >= 11 is 0. The fourth-order valence-electron chi connectivity index (χ4n) is 2.11. The molecule has 1 heterocycles. The minimum atomic E-state index is -0.104. The van der Waals surface area contributed by atoms with Crippen LogP contribution in [0.25, 0.3) is 0 Å². The third kappa shape index (κ3) is 3.64. The van der Waals surface area contributed by atoms with Crippen LogP contribution in [0, 0.1) is 11.8 Å². The molecule has 0 aromatic heterocycles. The van der Waals surface area contributed by atoms with Gasteiger partial charge in [-0.2, -0.15) is 0 Å². The van der Waals surface area contributed by atoms with Crippen molar-refractivity contribution in [1.29, 1.82) is 0 Å². The van der Waals surface area contributed by atoms with E-state index in [0.29, 0.717) is 5.92 Å². The quantitative estimate of drug-likeness (QED) is 0.513. The second kappa shape index (κ2) is 5.15. The zero-order valence-corrected chi connectivity index (χ0v) is 10.3. The van der Waals surface area contributed by atoms with Crippen molar-refractivity contribution in [3.63, 3.8) is 0 Å². The number of hydrogen-bond donors (Lipinski definition) is 0. The molecule has 1 radical (unpaired) electrons. The van der Waals surface area contributed by atoms with Gasteiger partial charge in [-0.3, -0.25) is 0 Å². The molecular weight excluding hydrogens is 187 g/mol. The highest BCUT2D eigenvalue weighted by Gasteiger charge is 2.34. The molecule has 85 valence electrons. The van der Waals surface area contributed by atoms with Gasteiger partial charge in [-0.05, 0) is 26.2 Å². The predicted octanol–water partition coefficient (Wildman–Crippen LogP) is 2.50. The average molecular weight is 209 g/mol. The first kappa shape index (κ1) is 12.8. The zero-order chi connectivity index (χ0) is 11.5. The van der Waals surface area contributed by atoms with Gasteiger partial charge in [0, 0.05) is 11.4 Å². The fourth-order valence-corrected chi connectivity index (χ4v) is 2.11. The van der Waals surface area contributed by atoms with Crippen molar-refractivity contribution in [2.24, 2.45) is 11.8 Å². The summed E-state index contributed by atoms with van der Waals surface area (Å²) in [4.78, 5) is 11.0. The van der Waals surface area contributed by atoms with Crippen LogP contribution in [-0.4, -0.2) is 25.2 Å². The Hall–Kier alpha value is -0.305. The molecule has 2 nitrogen and oxygen atoms in total. The Morgan fingerprint density at radius 2 is 2.27 bits per heavy atom. The summed E-state index contributed by atoms with van der Waals surface area (Å²) in [6.45, 7) is 8.42. The molecule has 0 spiro atoms. The number of hydrogen-bond acceptors (Lipinski definition) is 2. The highest BCUT2D eigenvalue weighted by Crippen LogP contribution is 2.29. The van der Waals surface area contributed by atoms with Crippen LogP contribution in [0.4, 0.5) is 0 Å². The van der Waals surface area contributed by atoms with Gasteiger partial charge >= 0.3 is 0 Å². The van der Waals surface area contributed by atoms with Gasteiger partial charge in [-0.25, -0.2) is 0 Å². The van der Waals surface area contributed by atoms with E-state index in [1.54, 1.807) is 0 Å². The minimum absolute atomic E-state index is 0.104. The van der Waals surface area contributed by atoms with E-state index >= 15 is 0 Å². The van der Waals surface area contributed by atoms with Crippen molar-refractivity contribution in [2.45, 2.75) is 58.5 Å². The van der Waals surface area contributed by atoms with Crippen molar-refractivity contribution in [3.05, 3.63) is 0 Å². The summed E-state index contributed by atoms with van der Waals surface area (Å²) in [6, 6.07) is 0. The molecule has 3 atom stereocenters. The zero-order valence-electron chi connectivity index (χ0n) is 10.3. The molecule has 1 aliphatic heterocycles. The SMILES string of the molecule is CCC(C)C(C=O)CC1C[B]C(C)(C)O1. The lowest BCUT2D eigenvalue weighted by Gasteiger charge is -2.24. The predicted molar refractivity (Wildman–Crippen MR) is 63.1 cm³/mol. The number of aldehydes is 1. The highest BCUT2D eigenvalue weighted by atomic mass is 16.5. The Bertz CT molecular complexity index is 216. The van der Waals surface area contributed by atoms with Gasteiger partial charge in [-0.15, -0.1) is 0 Å². The van der Waals surface area contributed by atoms with Crippen LogP contribution in [0.3, 0.4) is 0 Å². The molecule has 1 rings (SSSR count). The lowest BCUT2D eigenvalue weighted by Crippen LogP contribution is -2.26. The highest BCUT2D eigenvalue weighted by molar-refractivity contribution is 6.40. The van der Waals surface area contributed by atoms with E-state index in [2.05, 4.69) is 35.0 Å². The molecule has 1 saturated heterocycles. The van der Waals surface area contributed by atoms with Crippen LogP contribution < -0.4 is 0 Å². The first-order valence-electron chi connectivity index (χ1n) is 5.96. The van der Waals surface area contributed by atoms with Gasteiger partial charge in [0.1, 0.15) is 6.29 Å². The third-order valence-electron chi connectivity index (χ3n) is 3.43. The van der Waals surface area contributed by atoms with E-state index in [1.807, 2.05) is 0 Å². The second-order valence-corrected chi connectivity index (χ2v) is 5.20. The van der Waals surface area contributed by atoms with Crippen molar-refractivity contribution in [3.8, 4) is 0 Å². The molecule has 0 aliphatic carbocycles. The van der Waals surface area contributed by atoms with Crippen molar-refractivity contribution >= 4 is 13.6 Å². The lowest BCUT2D eigenvalue weighted by molar-refractivity contribution is -0.114. The molecule has 0 bridgehead atoms. The Kier molecular flexibility index (Phi) is 4.38. The van der Waals surface area contributed by atoms with Gasteiger partial charge in [0.15, 0.2) is 7.28 Å². The summed E-state index contributed by atoms with van der Waals surface area (Å²) in [6.07, 6.45) is 4.25. The van der Waals surface area contributed by atoms with E-state index in [9.17, 15) is 4.79 Å². The Morgan fingerprint density at radius 1 is 1.60 bits per heavy atom. The largest absolute Gasteiger partial charge is 0.382 e. The van der Waals surface area contributed by atoms with Gasteiger partial charge in [-0.1, -0.05) is 26.6 Å². The Labute approximate surface area is 94.0 Å². The monoisotopic (exact) mass is 209 g/mol. The smallest absolute Gasteiger partial charge is 0.155 e. The van der Waals surface area contributed by atoms with Gasteiger partial charge in [0.25, 0.3) is 0 Å². The average Bonchev–Trinajstić information content (AvgIpc) is 2.53. The van der Waals surface area contributed by atoms with Gasteiger partial charge in [0.05, 0.1) is 6.10 Å². The minimum Gasteiger partial charge on any atom is -0.382 e. The van der Waals surface area contributed by atoms with E-state index in [4.69, 9.17) is 4.74 Å². The summed E-state index contributed by atoms with van der Waals surface area (Å²) in [5.74, 6) is 0.622. The fraction of sp³-hybridized carbons (Fsp3) is 0.917. The summed E-state index contributed by atoms with van der Waals surface area (Å²) in [5.41, 5.74) is -0.104. The normalized spacial score (nSPS) is 28.1. The van der Waals surface area contributed by atoms with Gasteiger partial charge < -0.3 is 9.53 Å². The molecule has 0 aromatic rings. The van der Waals surface area contributed by atoms with Crippen LogP contribution in [0.5, 0.6) is 0 Å². The molecule has 0 aromatic carbocycles. The maximum atomic E-state index is 11.0. The first-order chi connectivity index (χ1) is 6.98. The van der Waals surface area contributed by atoms with Crippen LogP contribution in [-0.2, 0) is 9.53 Å². The first-order valence-corrected chi connectivity index (χ1v) is 5.96. The van der Waals surface area contributed by atoms with Crippen LogP contribution in [0.2, 0.25) is 6.32 Å². The summed E-state index contributed by atoms with van der Waals surface area (Å²) < 4.78 is 5.86. The molecule has 1 fully saturated rings. The van der Waals surface area contributed by atoms with Crippen LogP contribution in [0.15, 0.2) is 0 Å². The number of carbonyl (C=O) groups excluding carboxylic acids is 1. The van der Waals surface area contributed by atoms with Gasteiger partial charge in [0.2, 0.25) is 0 Å². The maximum Gasteiger partial charge on any atom is 0.155 e. The molecule has 0 amide bonds. The number of ether oxygens (including phenoxy) is 1.